The number of fused-ring (bicyclic) bond motifs is 1. The average Bonchev–Trinajstić information content (AvgIpc) is 2.68. The maximum Gasteiger partial charge on any atom is 0.256 e. The lowest BCUT2D eigenvalue weighted by Gasteiger charge is -2.38. The van der Waals surface area contributed by atoms with Crippen LogP contribution in [0.1, 0.15) is 38.7 Å². The lowest BCUT2D eigenvalue weighted by Crippen LogP contribution is -2.40. The lowest BCUT2D eigenvalue weighted by atomic mass is 9.87. The zero-order valence-electron chi connectivity index (χ0n) is 14.9. The summed E-state index contributed by atoms with van der Waals surface area (Å²) in [4.78, 5) is 29.0. The number of nitrogens with zero attached hydrogens (tertiary/aromatic N) is 1. The Morgan fingerprint density at radius 2 is 1.89 bits per heavy atom. The maximum atomic E-state index is 13.2. The fourth-order valence-electron chi connectivity index (χ4n) is 3.67. The summed E-state index contributed by atoms with van der Waals surface area (Å²) < 4.78 is 0. The summed E-state index contributed by atoms with van der Waals surface area (Å²) >= 11 is 6.07. The van der Waals surface area contributed by atoms with Crippen LogP contribution >= 0.6 is 11.6 Å². The maximum absolute atomic E-state index is 13.2. The first-order valence-corrected chi connectivity index (χ1v) is 9.25. The number of halogens is 1. The summed E-state index contributed by atoms with van der Waals surface area (Å²) in [6.45, 7) is 2.67. The summed E-state index contributed by atoms with van der Waals surface area (Å²) in [6.07, 6.45) is 2.28. The van der Waals surface area contributed by atoms with Gasteiger partial charge >= 0.3 is 0 Å². The first-order chi connectivity index (χ1) is 13.0. The van der Waals surface area contributed by atoms with Gasteiger partial charge < -0.3 is 9.88 Å². The molecule has 0 fully saturated rings. The number of hydrogen-bond donors (Lipinski definition) is 1. The molecule has 4 nitrogen and oxygen atoms in total. The second-order valence-corrected chi connectivity index (χ2v) is 7.28. The number of benzene rings is 2. The number of aromatic nitrogens is 1. The average molecular weight is 379 g/mol. The second-order valence-electron chi connectivity index (χ2n) is 6.85. The number of nitrogens with one attached hydrogen (secondary N) is 1. The highest BCUT2D eigenvalue weighted by Gasteiger charge is 2.32. The monoisotopic (exact) mass is 378 g/mol. The first kappa shape index (κ1) is 17.6. The molecule has 1 aliphatic rings. The van der Waals surface area contributed by atoms with Crippen molar-refractivity contribution in [3.05, 3.63) is 104 Å². The minimum absolute atomic E-state index is 0.0987. The summed E-state index contributed by atoms with van der Waals surface area (Å²) in [6, 6.07) is 16.8. The van der Waals surface area contributed by atoms with Crippen molar-refractivity contribution in [3.63, 3.8) is 0 Å². The van der Waals surface area contributed by atoms with E-state index < -0.39 is 0 Å². The predicted molar refractivity (Wildman–Crippen MR) is 106 cm³/mol. The molecule has 0 saturated carbocycles. The minimum Gasteiger partial charge on any atom is -0.328 e. The highest BCUT2D eigenvalue weighted by molar-refractivity contribution is 6.30. The van der Waals surface area contributed by atoms with Crippen molar-refractivity contribution in [1.29, 1.82) is 0 Å². The smallest absolute Gasteiger partial charge is 0.256 e. The molecule has 5 heteroatoms. The number of amides is 1. The zero-order chi connectivity index (χ0) is 19.0. The van der Waals surface area contributed by atoms with E-state index in [0.717, 1.165) is 23.1 Å². The Labute approximate surface area is 162 Å². The third-order valence-corrected chi connectivity index (χ3v) is 5.26. The van der Waals surface area contributed by atoms with E-state index in [-0.39, 0.29) is 17.5 Å². The topological polar surface area (TPSA) is 53.2 Å². The van der Waals surface area contributed by atoms with Crippen LogP contribution in [-0.4, -0.2) is 22.3 Å². The van der Waals surface area contributed by atoms with E-state index in [0.29, 0.717) is 17.1 Å². The van der Waals surface area contributed by atoms with E-state index >= 15 is 0 Å². The molecule has 0 saturated heterocycles. The molecule has 3 aromatic rings. The number of aromatic amines is 1. The van der Waals surface area contributed by atoms with Crippen LogP contribution in [0.3, 0.4) is 0 Å². The van der Waals surface area contributed by atoms with E-state index in [4.69, 9.17) is 11.6 Å². The third kappa shape index (κ3) is 3.40. The minimum atomic E-state index is -0.222. The molecule has 0 aliphatic carbocycles. The van der Waals surface area contributed by atoms with Gasteiger partial charge in [0.15, 0.2) is 0 Å². The molecule has 1 N–H and O–H groups in total. The van der Waals surface area contributed by atoms with Gasteiger partial charge in [-0.2, -0.15) is 0 Å². The van der Waals surface area contributed by atoms with Crippen LogP contribution in [0, 0.1) is 6.92 Å². The number of rotatable bonds is 2. The number of aryl methyl sites for hydroxylation is 1. The number of hydrogen-bond acceptors (Lipinski definition) is 2. The van der Waals surface area contributed by atoms with E-state index in [1.54, 1.807) is 6.07 Å². The van der Waals surface area contributed by atoms with Crippen molar-refractivity contribution in [1.82, 2.24) is 9.88 Å². The van der Waals surface area contributed by atoms with Crippen LogP contribution in [0.4, 0.5) is 0 Å². The Bertz CT molecular complexity index is 1040. The van der Waals surface area contributed by atoms with E-state index in [1.165, 1.54) is 17.8 Å². The van der Waals surface area contributed by atoms with Crippen LogP contribution in [0.5, 0.6) is 0 Å². The molecular formula is C22H19ClN2O2. The van der Waals surface area contributed by atoms with Gasteiger partial charge in [0.2, 0.25) is 5.56 Å². The van der Waals surface area contributed by atoms with Crippen LogP contribution in [-0.2, 0) is 6.42 Å². The van der Waals surface area contributed by atoms with Crippen molar-refractivity contribution in [2.75, 3.05) is 6.54 Å². The van der Waals surface area contributed by atoms with Crippen molar-refractivity contribution in [2.45, 2.75) is 19.4 Å². The standard InChI is InChI=1S/C22H19ClN2O2/c1-14-2-3-15-10-11-25(22(27)17-6-9-20(26)24-13-17)21(19(15)12-14)16-4-7-18(23)8-5-16/h2-9,12-13,21H,10-11H2,1H3,(H,24,26). The van der Waals surface area contributed by atoms with Crippen molar-refractivity contribution >= 4 is 17.5 Å². The number of pyridine rings is 1. The molecule has 2 aromatic carbocycles. The zero-order valence-corrected chi connectivity index (χ0v) is 15.7. The second kappa shape index (κ2) is 7.05. The van der Waals surface area contributed by atoms with Gasteiger partial charge in [0.05, 0.1) is 11.6 Å². The molecule has 2 heterocycles. The molecule has 1 amide bonds. The van der Waals surface area contributed by atoms with Crippen molar-refractivity contribution in [2.24, 2.45) is 0 Å². The van der Waals surface area contributed by atoms with Gasteiger partial charge in [0.1, 0.15) is 0 Å². The van der Waals surface area contributed by atoms with Gasteiger partial charge in [-0.25, -0.2) is 0 Å². The quantitative estimate of drug-likeness (QED) is 0.729. The fourth-order valence-corrected chi connectivity index (χ4v) is 3.79. The molecule has 1 aromatic heterocycles. The van der Waals surface area contributed by atoms with Gasteiger partial charge in [-0.15, -0.1) is 0 Å². The van der Waals surface area contributed by atoms with E-state index in [9.17, 15) is 9.59 Å². The molecule has 1 unspecified atom stereocenters. The number of H-pyrrole nitrogens is 1. The first-order valence-electron chi connectivity index (χ1n) is 8.87. The molecule has 4 rings (SSSR count). The SMILES string of the molecule is Cc1ccc2c(c1)C(c1ccc(Cl)cc1)N(C(=O)c1ccc(=O)[nH]c1)CC2. The van der Waals surface area contributed by atoms with Crippen molar-refractivity contribution < 1.29 is 4.79 Å². The number of carbonyl (C=O) groups is 1. The van der Waals surface area contributed by atoms with Gasteiger partial charge in [-0.3, -0.25) is 9.59 Å². The molecule has 136 valence electrons. The van der Waals surface area contributed by atoms with Gasteiger partial charge in [-0.1, -0.05) is 47.5 Å². The summed E-state index contributed by atoms with van der Waals surface area (Å²) in [7, 11) is 0. The summed E-state index contributed by atoms with van der Waals surface area (Å²) in [5.41, 5.74) is 4.83. The Balaban J connectivity index is 1.82. The fraction of sp³-hybridized carbons (Fsp3) is 0.182. The lowest BCUT2D eigenvalue weighted by molar-refractivity contribution is 0.0694. The predicted octanol–water partition coefficient (Wildman–Crippen LogP) is 4.12. The van der Waals surface area contributed by atoms with Crippen LogP contribution in [0.15, 0.2) is 65.6 Å². The number of carbonyl (C=O) groups excluding carboxylic acids is 1. The highest BCUT2D eigenvalue weighted by Crippen LogP contribution is 2.37. The van der Waals surface area contributed by atoms with Gasteiger partial charge in [0, 0.05) is 23.8 Å². The normalized spacial score (nSPS) is 16.1. The molecule has 1 atom stereocenters. The Morgan fingerprint density at radius 1 is 1.11 bits per heavy atom. The summed E-state index contributed by atoms with van der Waals surface area (Å²) in [5, 5.41) is 0.664. The van der Waals surface area contributed by atoms with Gasteiger partial charge in [0.25, 0.3) is 5.91 Å². The van der Waals surface area contributed by atoms with Crippen molar-refractivity contribution in [3.8, 4) is 0 Å². The molecule has 27 heavy (non-hydrogen) atoms. The Kier molecular flexibility index (Phi) is 4.58. The Hall–Kier alpha value is -2.85. The van der Waals surface area contributed by atoms with Gasteiger partial charge in [-0.05, 0) is 48.2 Å². The molecule has 0 bridgehead atoms. The largest absolute Gasteiger partial charge is 0.328 e. The highest BCUT2D eigenvalue weighted by atomic mass is 35.5. The molecular weight excluding hydrogens is 360 g/mol. The molecule has 1 aliphatic heterocycles. The molecule has 0 radical (unpaired) electrons. The molecule has 0 spiro atoms. The van der Waals surface area contributed by atoms with E-state index in [2.05, 4.69) is 30.1 Å². The summed E-state index contributed by atoms with van der Waals surface area (Å²) in [5.74, 6) is -0.0987. The van der Waals surface area contributed by atoms with Crippen LogP contribution in [0.2, 0.25) is 5.02 Å². The van der Waals surface area contributed by atoms with Crippen LogP contribution in [0.25, 0.3) is 0 Å². The van der Waals surface area contributed by atoms with E-state index in [1.807, 2.05) is 29.2 Å². The van der Waals surface area contributed by atoms with Crippen LogP contribution < -0.4 is 5.56 Å². The third-order valence-electron chi connectivity index (χ3n) is 5.01. The Morgan fingerprint density at radius 3 is 2.59 bits per heavy atom.